The Hall–Kier alpha value is -1.84. The van der Waals surface area contributed by atoms with Crippen LogP contribution in [0.4, 0.5) is 0 Å². The fourth-order valence-electron chi connectivity index (χ4n) is 1.59. The van der Waals surface area contributed by atoms with E-state index in [0.29, 0.717) is 11.5 Å². The molecule has 0 spiro atoms. The van der Waals surface area contributed by atoms with E-state index in [4.69, 9.17) is 4.42 Å². The predicted octanol–water partition coefficient (Wildman–Crippen LogP) is 2.65. The maximum Gasteiger partial charge on any atom is 0.309 e. The smallest absolute Gasteiger partial charge is 0.309 e. The zero-order valence-corrected chi connectivity index (χ0v) is 10.5. The number of hydrogen-bond acceptors (Lipinski definition) is 3. The maximum atomic E-state index is 11.7. The minimum atomic E-state index is -0.215. The van der Waals surface area contributed by atoms with Gasteiger partial charge in [-0.2, -0.15) is 0 Å². The number of amides is 1. The first kappa shape index (κ1) is 11.6. The van der Waals surface area contributed by atoms with E-state index < -0.39 is 0 Å². The van der Waals surface area contributed by atoms with Crippen LogP contribution in [0.1, 0.15) is 36.0 Å². The molecule has 0 atom stereocenters. The van der Waals surface area contributed by atoms with Crippen LogP contribution in [0.5, 0.6) is 0 Å². The molecule has 0 aliphatic carbocycles. The molecule has 17 heavy (non-hydrogen) atoms. The topological polar surface area (TPSA) is 46.3 Å². The highest BCUT2D eigenvalue weighted by Gasteiger charge is 2.16. The third-order valence-corrected chi connectivity index (χ3v) is 2.67. The van der Waals surface area contributed by atoms with Crippen molar-refractivity contribution in [1.82, 2.24) is 9.88 Å². The van der Waals surface area contributed by atoms with Gasteiger partial charge >= 0.3 is 5.91 Å². The molecule has 2 rings (SSSR count). The first-order valence-electron chi connectivity index (χ1n) is 5.61. The lowest BCUT2D eigenvalue weighted by molar-refractivity contribution is 0.0791. The third-order valence-electron chi connectivity index (χ3n) is 2.67. The summed E-state index contributed by atoms with van der Waals surface area (Å²) in [7, 11) is 3.35. The Bertz CT molecular complexity index is 556. The monoisotopic (exact) mass is 232 g/mol. The Morgan fingerprint density at radius 3 is 2.65 bits per heavy atom. The normalized spacial score (nSPS) is 11.1. The van der Waals surface area contributed by atoms with Crippen molar-refractivity contribution in [2.24, 2.45) is 0 Å². The van der Waals surface area contributed by atoms with Crippen LogP contribution < -0.4 is 0 Å². The van der Waals surface area contributed by atoms with Crippen LogP contribution in [0.15, 0.2) is 22.6 Å². The number of aromatic nitrogens is 1. The van der Waals surface area contributed by atoms with Crippen LogP contribution in [-0.2, 0) is 0 Å². The van der Waals surface area contributed by atoms with Crippen molar-refractivity contribution in [3.8, 4) is 0 Å². The lowest BCUT2D eigenvalue weighted by atomic mass is 10.0. The molecular formula is C13H16N2O2. The Kier molecular flexibility index (Phi) is 2.88. The van der Waals surface area contributed by atoms with Gasteiger partial charge in [0.1, 0.15) is 5.52 Å². The zero-order valence-electron chi connectivity index (χ0n) is 10.5. The van der Waals surface area contributed by atoms with Gasteiger partial charge in [-0.3, -0.25) is 4.79 Å². The van der Waals surface area contributed by atoms with Crippen LogP contribution in [-0.4, -0.2) is 29.9 Å². The summed E-state index contributed by atoms with van der Waals surface area (Å²) in [5.41, 5.74) is 2.58. The first-order chi connectivity index (χ1) is 7.99. The molecule has 4 heteroatoms. The molecule has 0 N–H and O–H groups in total. The van der Waals surface area contributed by atoms with Gasteiger partial charge in [-0.25, -0.2) is 4.98 Å². The van der Waals surface area contributed by atoms with Crippen LogP contribution in [0.25, 0.3) is 11.1 Å². The van der Waals surface area contributed by atoms with E-state index >= 15 is 0 Å². The molecule has 1 amide bonds. The lowest BCUT2D eigenvalue weighted by Gasteiger charge is -2.04. The highest BCUT2D eigenvalue weighted by atomic mass is 16.4. The second-order valence-electron chi connectivity index (χ2n) is 4.60. The van der Waals surface area contributed by atoms with E-state index in [1.54, 1.807) is 14.1 Å². The van der Waals surface area contributed by atoms with Crippen molar-refractivity contribution < 1.29 is 9.21 Å². The number of fused-ring (bicyclic) bond motifs is 1. The van der Waals surface area contributed by atoms with Gasteiger partial charge in [0.05, 0.1) is 0 Å². The Morgan fingerprint density at radius 2 is 2.06 bits per heavy atom. The van der Waals surface area contributed by atoms with Crippen LogP contribution in [0.3, 0.4) is 0 Å². The molecule has 90 valence electrons. The quantitative estimate of drug-likeness (QED) is 0.799. The highest BCUT2D eigenvalue weighted by Crippen LogP contribution is 2.22. The molecule has 0 aliphatic heterocycles. The number of carbonyl (C=O) groups excluding carboxylic acids is 1. The van der Waals surface area contributed by atoms with Gasteiger partial charge in [-0.15, -0.1) is 0 Å². The predicted molar refractivity (Wildman–Crippen MR) is 66.1 cm³/mol. The van der Waals surface area contributed by atoms with Gasteiger partial charge in [0.2, 0.25) is 0 Å². The van der Waals surface area contributed by atoms with Crippen LogP contribution in [0.2, 0.25) is 0 Å². The molecule has 4 nitrogen and oxygen atoms in total. The van der Waals surface area contributed by atoms with E-state index in [1.165, 1.54) is 10.5 Å². The summed E-state index contributed by atoms with van der Waals surface area (Å²) in [6.45, 7) is 4.24. The lowest BCUT2D eigenvalue weighted by Crippen LogP contribution is -2.21. The van der Waals surface area contributed by atoms with Gasteiger partial charge in [-0.1, -0.05) is 19.9 Å². The number of nitrogens with zero attached hydrogens (tertiary/aromatic N) is 2. The molecule has 1 aromatic carbocycles. The molecule has 2 aromatic rings. The van der Waals surface area contributed by atoms with Crippen molar-refractivity contribution in [2.45, 2.75) is 19.8 Å². The summed E-state index contributed by atoms with van der Waals surface area (Å²) >= 11 is 0. The first-order valence-corrected chi connectivity index (χ1v) is 5.61. The standard InChI is InChI=1S/C13H16N2O2/c1-8(2)9-5-6-11-10(7-9)14-12(17-11)13(16)15(3)4/h5-8H,1-4H3. The molecule has 0 radical (unpaired) electrons. The number of carbonyl (C=O) groups is 1. The van der Waals surface area contributed by atoms with Crippen LogP contribution >= 0.6 is 0 Å². The molecule has 0 saturated carbocycles. The number of hydrogen-bond donors (Lipinski definition) is 0. The summed E-state index contributed by atoms with van der Waals surface area (Å²) in [5.74, 6) is 0.363. The minimum absolute atomic E-state index is 0.144. The Morgan fingerprint density at radius 1 is 1.35 bits per heavy atom. The second kappa shape index (κ2) is 4.20. The summed E-state index contributed by atoms with van der Waals surface area (Å²) in [6, 6.07) is 5.84. The van der Waals surface area contributed by atoms with Crippen molar-refractivity contribution in [1.29, 1.82) is 0 Å². The summed E-state index contributed by atoms with van der Waals surface area (Å²) in [6.07, 6.45) is 0. The van der Waals surface area contributed by atoms with Crippen molar-refractivity contribution in [2.75, 3.05) is 14.1 Å². The molecule has 1 aromatic heterocycles. The molecule has 1 heterocycles. The van der Waals surface area contributed by atoms with E-state index in [0.717, 1.165) is 5.52 Å². The number of rotatable bonds is 2. The van der Waals surface area contributed by atoms with Gasteiger partial charge in [0.25, 0.3) is 5.89 Å². The molecular weight excluding hydrogens is 216 g/mol. The van der Waals surface area contributed by atoms with Gasteiger partial charge in [0, 0.05) is 14.1 Å². The summed E-state index contributed by atoms with van der Waals surface area (Å²) < 4.78 is 5.42. The second-order valence-corrected chi connectivity index (χ2v) is 4.60. The molecule has 0 bridgehead atoms. The Balaban J connectivity index is 2.47. The van der Waals surface area contributed by atoms with E-state index in [9.17, 15) is 4.79 Å². The van der Waals surface area contributed by atoms with Crippen LogP contribution in [0, 0.1) is 0 Å². The molecule has 0 unspecified atom stereocenters. The van der Waals surface area contributed by atoms with Crippen molar-refractivity contribution in [3.63, 3.8) is 0 Å². The zero-order chi connectivity index (χ0) is 12.6. The average Bonchev–Trinajstić information content (AvgIpc) is 2.69. The molecule has 0 aliphatic rings. The summed E-state index contributed by atoms with van der Waals surface area (Å²) in [5, 5.41) is 0. The van der Waals surface area contributed by atoms with E-state index in [-0.39, 0.29) is 11.8 Å². The average molecular weight is 232 g/mol. The van der Waals surface area contributed by atoms with Gasteiger partial charge in [0.15, 0.2) is 5.58 Å². The van der Waals surface area contributed by atoms with Crippen molar-refractivity contribution >= 4 is 17.0 Å². The molecule has 0 saturated heterocycles. The summed E-state index contributed by atoms with van der Waals surface area (Å²) in [4.78, 5) is 17.4. The van der Waals surface area contributed by atoms with Gasteiger partial charge < -0.3 is 9.32 Å². The minimum Gasteiger partial charge on any atom is -0.432 e. The largest absolute Gasteiger partial charge is 0.432 e. The SMILES string of the molecule is CC(C)c1ccc2oc(C(=O)N(C)C)nc2c1. The Labute approximate surface area is 100 Å². The number of benzene rings is 1. The van der Waals surface area contributed by atoms with E-state index in [1.807, 2.05) is 18.2 Å². The fourth-order valence-corrected chi connectivity index (χ4v) is 1.59. The molecule has 0 fully saturated rings. The highest BCUT2D eigenvalue weighted by molar-refractivity contribution is 5.92. The number of oxazole rings is 1. The van der Waals surface area contributed by atoms with Gasteiger partial charge in [-0.05, 0) is 23.6 Å². The fraction of sp³-hybridized carbons (Fsp3) is 0.385. The van der Waals surface area contributed by atoms with Crippen molar-refractivity contribution in [3.05, 3.63) is 29.7 Å². The van der Waals surface area contributed by atoms with E-state index in [2.05, 4.69) is 18.8 Å². The third kappa shape index (κ3) is 2.16. The maximum absolute atomic E-state index is 11.7.